The number of nitrogens with zero attached hydrogens (tertiary/aromatic N) is 2. The van der Waals surface area contributed by atoms with Crippen molar-refractivity contribution < 1.29 is 9.53 Å². The number of rotatable bonds is 6. The Bertz CT molecular complexity index is 1160. The van der Waals surface area contributed by atoms with Gasteiger partial charge in [0.25, 0.3) is 5.91 Å². The number of ether oxygens (including phenoxy) is 1. The molecule has 3 aromatic rings. The number of amides is 1. The topological polar surface area (TPSA) is 54.5 Å². The van der Waals surface area contributed by atoms with E-state index in [2.05, 4.69) is 45.5 Å². The number of nitrogens with one attached hydrogen (secondary N) is 1. The Labute approximate surface area is 195 Å². The Morgan fingerprint density at radius 1 is 1.09 bits per heavy atom. The van der Waals surface area contributed by atoms with Gasteiger partial charge in [0.15, 0.2) is 0 Å². The molecular formula is C28H29N3O2. The first-order chi connectivity index (χ1) is 16.2. The maximum Gasteiger partial charge on any atom is 0.252 e. The lowest BCUT2D eigenvalue weighted by molar-refractivity contribution is 0.0865. The second-order valence-corrected chi connectivity index (χ2v) is 8.80. The summed E-state index contributed by atoms with van der Waals surface area (Å²) in [6.07, 6.45) is 8.86. The summed E-state index contributed by atoms with van der Waals surface area (Å²) in [6.45, 7) is 2.94. The lowest BCUT2D eigenvalue weighted by Gasteiger charge is -2.39. The van der Waals surface area contributed by atoms with Gasteiger partial charge in [-0.25, -0.2) is 0 Å². The first-order valence-corrected chi connectivity index (χ1v) is 11.6. The number of benzene rings is 2. The van der Waals surface area contributed by atoms with Gasteiger partial charge in [-0.05, 0) is 60.2 Å². The van der Waals surface area contributed by atoms with Gasteiger partial charge in [-0.2, -0.15) is 0 Å². The number of hydrogen-bond acceptors (Lipinski definition) is 4. The summed E-state index contributed by atoms with van der Waals surface area (Å²) in [5.41, 5.74) is 5.23. The Morgan fingerprint density at radius 2 is 1.91 bits per heavy atom. The summed E-state index contributed by atoms with van der Waals surface area (Å²) in [5.74, 6) is 0.920. The third kappa shape index (κ3) is 4.29. The number of carbonyl (C=O) groups is 1. The van der Waals surface area contributed by atoms with Crippen LogP contribution < -0.4 is 10.1 Å². The maximum atomic E-state index is 12.4. The average molecular weight is 440 g/mol. The van der Waals surface area contributed by atoms with Crippen molar-refractivity contribution in [3.8, 4) is 5.75 Å². The van der Waals surface area contributed by atoms with Gasteiger partial charge in [0.05, 0.1) is 12.6 Å². The van der Waals surface area contributed by atoms with E-state index in [4.69, 9.17) is 4.74 Å². The molecule has 2 aliphatic rings. The second-order valence-electron chi connectivity index (χ2n) is 8.80. The fraction of sp³-hybridized carbons (Fsp3) is 0.286. The van der Waals surface area contributed by atoms with Gasteiger partial charge in [0, 0.05) is 43.2 Å². The summed E-state index contributed by atoms with van der Waals surface area (Å²) in [4.78, 5) is 19.3. The van der Waals surface area contributed by atoms with Crippen LogP contribution in [0.5, 0.6) is 5.75 Å². The van der Waals surface area contributed by atoms with Gasteiger partial charge in [0.2, 0.25) is 0 Å². The lowest BCUT2D eigenvalue weighted by atomic mass is 9.82. The molecule has 0 atom stereocenters. The number of hydrogen-bond donors (Lipinski definition) is 1. The Morgan fingerprint density at radius 3 is 2.70 bits per heavy atom. The van der Waals surface area contributed by atoms with E-state index < -0.39 is 0 Å². The molecule has 0 aliphatic carbocycles. The van der Waals surface area contributed by atoms with Gasteiger partial charge >= 0.3 is 0 Å². The molecule has 1 fully saturated rings. The second kappa shape index (κ2) is 9.20. The van der Waals surface area contributed by atoms with Crippen molar-refractivity contribution in [1.29, 1.82) is 0 Å². The van der Waals surface area contributed by atoms with Crippen LogP contribution >= 0.6 is 0 Å². The zero-order valence-corrected chi connectivity index (χ0v) is 19.0. The number of piperidine rings is 1. The lowest BCUT2D eigenvalue weighted by Crippen LogP contribution is -2.49. The number of fused-ring (bicyclic) bond motifs is 2. The third-order valence-electron chi connectivity index (χ3n) is 6.90. The van der Waals surface area contributed by atoms with Crippen molar-refractivity contribution in [2.75, 3.05) is 26.7 Å². The third-order valence-corrected chi connectivity index (χ3v) is 6.90. The number of carbonyl (C=O) groups excluding carboxylic acids is 1. The van der Waals surface area contributed by atoms with Gasteiger partial charge in [-0.15, -0.1) is 0 Å². The van der Waals surface area contributed by atoms with E-state index in [-0.39, 0.29) is 11.4 Å². The van der Waals surface area contributed by atoms with Gasteiger partial charge < -0.3 is 15.0 Å². The molecule has 3 heterocycles. The standard InChI is InChI=1S/C28H29N3O2/c1-33-23-9-4-7-21(19-23)24(22-8-5-15-29-20-22)11-6-16-31-17-13-28(14-18-31)26-12-3-2-10-25(26)27(32)30-28/h2-5,7-12,15,19-20H,6,13-14,16-18H2,1H3,(H,30,32)/b24-11-. The predicted molar refractivity (Wildman–Crippen MR) is 130 cm³/mol. The van der Waals surface area contributed by atoms with Crippen LogP contribution in [0.4, 0.5) is 0 Å². The molecule has 0 saturated carbocycles. The van der Waals surface area contributed by atoms with Crippen molar-refractivity contribution in [1.82, 2.24) is 15.2 Å². The first kappa shape index (κ1) is 21.4. The van der Waals surface area contributed by atoms with E-state index in [9.17, 15) is 4.79 Å². The van der Waals surface area contributed by atoms with E-state index in [1.807, 2.05) is 42.6 Å². The number of aromatic nitrogens is 1. The van der Waals surface area contributed by atoms with Crippen molar-refractivity contribution in [2.24, 2.45) is 0 Å². The quantitative estimate of drug-likeness (QED) is 0.608. The molecule has 5 rings (SSSR count). The van der Waals surface area contributed by atoms with Crippen LogP contribution in [-0.4, -0.2) is 42.5 Å². The van der Waals surface area contributed by atoms with Gasteiger partial charge in [-0.3, -0.25) is 9.78 Å². The molecule has 5 heteroatoms. The van der Waals surface area contributed by atoms with Crippen molar-refractivity contribution >= 4 is 11.5 Å². The fourth-order valence-electron chi connectivity index (χ4n) is 5.11. The summed E-state index contributed by atoms with van der Waals surface area (Å²) in [5, 5.41) is 3.29. The number of methoxy groups -OCH3 is 1. The highest BCUT2D eigenvalue weighted by Gasteiger charge is 2.44. The molecule has 0 bridgehead atoms. The predicted octanol–water partition coefficient (Wildman–Crippen LogP) is 4.65. The molecule has 168 valence electrons. The molecule has 0 unspecified atom stereocenters. The van der Waals surface area contributed by atoms with Crippen LogP contribution in [0.1, 0.15) is 46.3 Å². The largest absolute Gasteiger partial charge is 0.497 e. The van der Waals surface area contributed by atoms with Crippen LogP contribution in [0.15, 0.2) is 79.1 Å². The minimum absolute atomic E-state index is 0.0707. The van der Waals surface area contributed by atoms with Crippen LogP contribution in [0.3, 0.4) is 0 Å². The zero-order valence-electron chi connectivity index (χ0n) is 19.0. The highest BCUT2D eigenvalue weighted by Crippen LogP contribution is 2.39. The normalized spacial score (nSPS) is 17.6. The molecule has 1 N–H and O–H groups in total. The molecule has 1 aromatic heterocycles. The maximum absolute atomic E-state index is 12.4. The van der Waals surface area contributed by atoms with E-state index in [1.165, 1.54) is 11.1 Å². The smallest absolute Gasteiger partial charge is 0.252 e. The molecule has 0 radical (unpaired) electrons. The average Bonchev–Trinajstić information content (AvgIpc) is 3.15. The van der Waals surface area contributed by atoms with Crippen LogP contribution in [0.2, 0.25) is 0 Å². The van der Waals surface area contributed by atoms with Crippen molar-refractivity contribution in [3.05, 3.63) is 101 Å². The van der Waals surface area contributed by atoms with E-state index >= 15 is 0 Å². The monoisotopic (exact) mass is 439 g/mol. The number of pyridine rings is 1. The summed E-state index contributed by atoms with van der Waals surface area (Å²) < 4.78 is 5.44. The van der Waals surface area contributed by atoms with Gasteiger partial charge in [0.1, 0.15) is 5.75 Å². The highest BCUT2D eigenvalue weighted by molar-refractivity contribution is 6.00. The zero-order chi connectivity index (χ0) is 22.7. The molecular weight excluding hydrogens is 410 g/mol. The van der Waals surface area contributed by atoms with Crippen LogP contribution in [-0.2, 0) is 5.54 Å². The van der Waals surface area contributed by atoms with Crippen LogP contribution in [0, 0.1) is 0 Å². The minimum Gasteiger partial charge on any atom is -0.497 e. The van der Waals surface area contributed by atoms with E-state index in [0.29, 0.717) is 0 Å². The molecule has 2 aromatic carbocycles. The number of likely N-dealkylation sites (tertiary alicyclic amines) is 1. The summed E-state index contributed by atoms with van der Waals surface area (Å²) in [6, 6.07) is 20.3. The van der Waals surface area contributed by atoms with Gasteiger partial charge in [-0.1, -0.05) is 42.5 Å². The molecule has 1 spiro atoms. The molecule has 1 saturated heterocycles. The minimum atomic E-state index is -0.193. The Balaban J connectivity index is 1.28. The summed E-state index contributed by atoms with van der Waals surface area (Å²) >= 11 is 0. The molecule has 2 aliphatic heterocycles. The summed E-state index contributed by atoms with van der Waals surface area (Å²) in [7, 11) is 1.70. The van der Waals surface area contributed by atoms with E-state index in [1.54, 1.807) is 13.3 Å². The molecule has 5 nitrogen and oxygen atoms in total. The van der Waals surface area contributed by atoms with Crippen molar-refractivity contribution in [2.45, 2.75) is 24.8 Å². The Kier molecular flexibility index (Phi) is 5.97. The first-order valence-electron chi connectivity index (χ1n) is 11.6. The van der Waals surface area contributed by atoms with Crippen molar-refractivity contribution in [3.63, 3.8) is 0 Å². The van der Waals surface area contributed by atoms with Crippen LogP contribution in [0.25, 0.3) is 5.57 Å². The SMILES string of the molecule is COc1cccc(/C(=C/CCN2CCC3(CC2)NC(=O)c2ccccc23)c2cccnc2)c1. The Hall–Kier alpha value is -3.44. The van der Waals surface area contributed by atoms with E-state index in [0.717, 1.165) is 61.3 Å². The molecule has 1 amide bonds. The molecule has 33 heavy (non-hydrogen) atoms. The fourth-order valence-corrected chi connectivity index (χ4v) is 5.11. The highest BCUT2D eigenvalue weighted by atomic mass is 16.5.